The van der Waals surface area contributed by atoms with Crippen LogP contribution in [0.5, 0.6) is 5.75 Å². The van der Waals surface area contributed by atoms with Gasteiger partial charge in [0, 0.05) is 6.26 Å². The molecule has 3 unspecified atom stereocenters. The van der Waals surface area contributed by atoms with Crippen LogP contribution in [0, 0.1) is 5.92 Å². The molecule has 0 bridgehead atoms. The molecule has 1 aliphatic carbocycles. The zero-order chi connectivity index (χ0) is 15.5. The number of hydrogen-bond acceptors (Lipinski definition) is 4. The van der Waals surface area contributed by atoms with Crippen LogP contribution >= 0.6 is 0 Å². The molecule has 2 rings (SSSR count). The average molecular weight is 312 g/mol. The molecule has 0 amide bonds. The summed E-state index contributed by atoms with van der Waals surface area (Å²) in [6, 6.07) is 7.44. The summed E-state index contributed by atoms with van der Waals surface area (Å²) < 4.78 is 28.9. The number of sulfone groups is 1. The molecule has 0 spiro atoms. The van der Waals surface area contributed by atoms with Crippen LogP contribution in [0.15, 0.2) is 24.3 Å². The van der Waals surface area contributed by atoms with Crippen molar-refractivity contribution >= 4 is 9.84 Å². The summed E-state index contributed by atoms with van der Waals surface area (Å²) in [6.45, 7) is 2.50. The van der Waals surface area contributed by atoms with Crippen molar-refractivity contribution in [2.45, 2.75) is 44.0 Å². The highest BCUT2D eigenvalue weighted by molar-refractivity contribution is 7.91. The van der Waals surface area contributed by atoms with Crippen molar-refractivity contribution < 1.29 is 18.3 Å². The maximum atomic E-state index is 11.7. The van der Waals surface area contributed by atoms with Gasteiger partial charge in [-0.05, 0) is 49.8 Å². The van der Waals surface area contributed by atoms with Crippen molar-refractivity contribution in [3.63, 3.8) is 0 Å². The molecule has 1 saturated carbocycles. The smallest absolute Gasteiger partial charge is 0.150 e. The number of aliphatic hydroxyl groups excluding tert-OH is 1. The Kier molecular flexibility index (Phi) is 5.27. The molecule has 21 heavy (non-hydrogen) atoms. The van der Waals surface area contributed by atoms with Gasteiger partial charge in [0.2, 0.25) is 0 Å². The quantitative estimate of drug-likeness (QED) is 0.908. The minimum absolute atomic E-state index is 0.00430. The number of rotatable bonds is 5. The fourth-order valence-corrected chi connectivity index (χ4v) is 4.28. The Hall–Kier alpha value is -1.07. The Morgan fingerprint density at radius 1 is 1.38 bits per heavy atom. The van der Waals surface area contributed by atoms with Crippen molar-refractivity contribution in [1.82, 2.24) is 0 Å². The molecule has 1 aromatic carbocycles. The van der Waals surface area contributed by atoms with Gasteiger partial charge in [0.1, 0.15) is 15.6 Å². The monoisotopic (exact) mass is 312 g/mol. The fourth-order valence-electron chi connectivity index (χ4n) is 3.08. The van der Waals surface area contributed by atoms with Gasteiger partial charge >= 0.3 is 0 Å². The van der Waals surface area contributed by atoms with E-state index >= 15 is 0 Å². The van der Waals surface area contributed by atoms with Crippen LogP contribution in [-0.2, 0) is 9.84 Å². The first kappa shape index (κ1) is 16.3. The normalized spacial score (nSPS) is 24.5. The second kappa shape index (κ2) is 6.79. The molecule has 4 nitrogen and oxygen atoms in total. The van der Waals surface area contributed by atoms with Crippen LogP contribution in [0.1, 0.15) is 44.3 Å². The van der Waals surface area contributed by atoms with Gasteiger partial charge in [-0.2, -0.15) is 0 Å². The molecule has 1 N–H and O–H groups in total. The van der Waals surface area contributed by atoms with Gasteiger partial charge in [-0.25, -0.2) is 8.42 Å². The average Bonchev–Trinajstić information content (AvgIpc) is 2.46. The molecule has 0 heterocycles. The number of benzene rings is 1. The van der Waals surface area contributed by atoms with Gasteiger partial charge in [0.05, 0.1) is 18.0 Å². The summed E-state index contributed by atoms with van der Waals surface area (Å²) in [4.78, 5) is 0. The van der Waals surface area contributed by atoms with Crippen molar-refractivity contribution in [3.8, 4) is 5.75 Å². The molecule has 1 aromatic rings. The van der Waals surface area contributed by atoms with E-state index in [0.29, 0.717) is 19.4 Å². The van der Waals surface area contributed by atoms with Crippen LogP contribution < -0.4 is 4.74 Å². The van der Waals surface area contributed by atoms with E-state index in [1.165, 1.54) is 6.26 Å². The van der Waals surface area contributed by atoms with Crippen LogP contribution in [0.3, 0.4) is 0 Å². The maximum absolute atomic E-state index is 11.7. The lowest BCUT2D eigenvalue weighted by atomic mass is 9.82. The highest BCUT2D eigenvalue weighted by atomic mass is 32.2. The lowest BCUT2D eigenvalue weighted by Gasteiger charge is -2.31. The van der Waals surface area contributed by atoms with E-state index in [9.17, 15) is 13.5 Å². The summed E-state index contributed by atoms with van der Waals surface area (Å²) in [6.07, 6.45) is 3.63. The van der Waals surface area contributed by atoms with Gasteiger partial charge in [0.25, 0.3) is 0 Å². The molecule has 0 aromatic heterocycles. The molecular formula is C16H24O4S. The Balaban J connectivity index is 2.12. The predicted molar refractivity (Wildman–Crippen MR) is 83.2 cm³/mol. The second-order valence-corrected chi connectivity index (χ2v) is 8.15. The molecule has 0 radical (unpaired) electrons. The van der Waals surface area contributed by atoms with Crippen LogP contribution in [0.25, 0.3) is 0 Å². The van der Waals surface area contributed by atoms with E-state index < -0.39 is 15.9 Å². The lowest BCUT2D eigenvalue weighted by molar-refractivity contribution is 0.0854. The van der Waals surface area contributed by atoms with Gasteiger partial charge in [0.15, 0.2) is 0 Å². The third-order valence-corrected chi connectivity index (χ3v) is 5.87. The molecule has 0 aliphatic heterocycles. The van der Waals surface area contributed by atoms with Crippen molar-refractivity contribution in [2.24, 2.45) is 5.92 Å². The van der Waals surface area contributed by atoms with E-state index in [4.69, 9.17) is 4.74 Å². The first-order valence-electron chi connectivity index (χ1n) is 7.51. The van der Waals surface area contributed by atoms with Gasteiger partial charge in [-0.15, -0.1) is 0 Å². The largest absolute Gasteiger partial charge is 0.494 e. The Labute approximate surface area is 127 Å². The van der Waals surface area contributed by atoms with E-state index in [1.807, 2.05) is 31.2 Å². The molecule has 3 atom stereocenters. The fraction of sp³-hybridized carbons (Fsp3) is 0.625. The lowest BCUT2D eigenvalue weighted by Crippen LogP contribution is -2.30. The number of aliphatic hydroxyl groups is 1. The zero-order valence-electron chi connectivity index (χ0n) is 12.7. The summed E-state index contributed by atoms with van der Waals surface area (Å²) >= 11 is 0. The summed E-state index contributed by atoms with van der Waals surface area (Å²) in [7, 11) is -3.03. The molecule has 118 valence electrons. The predicted octanol–water partition coefficient (Wildman–Crippen LogP) is 2.72. The molecule has 0 saturated heterocycles. The number of ether oxygens (including phenoxy) is 1. The highest BCUT2D eigenvalue weighted by Crippen LogP contribution is 2.37. The third kappa shape index (κ3) is 4.20. The second-order valence-electron chi connectivity index (χ2n) is 5.83. The summed E-state index contributed by atoms with van der Waals surface area (Å²) in [5.74, 6) is 0.736. The Morgan fingerprint density at radius 2 is 2.14 bits per heavy atom. The SMILES string of the molecule is CCOc1cccc(C(O)C2CCCC(S(C)(=O)=O)C2)c1. The maximum Gasteiger partial charge on any atom is 0.150 e. The molecular weight excluding hydrogens is 288 g/mol. The number of hydrogen-bond donors (Lipinski definition) is 1. The summed E-state index contributed by atoms with van der Waals surface area (Å²) in [5, 5.41) is 10.3. The van der Waals surface area contributed by atoms with Crippen LogP contribution in [-0.4, -0.2) is 31.6 Å². The zero-order valence-corrected chi connectivity index (χ0v) is 13.5. The first-order valence-corrected chi connectivity index (χ1v) is 9.47. The molecule has 5 heteroatoms. The molecule has 1 fully saturated rings. The Morgan fingerprint density at radius 3 is 2.81 bits per heavy atom. The van der Waals surface area contributed by atoms with Gasteiger partial charge < -0.3 is 9.84 Å². The minimum atomic E-state index is -3.03. The third-order valence-electron chi connectivity index (χ3n) is 4.23. The van der Waals surface area contributed by atoms with Crippen LogP contribution in [0.4, 0.5) is 0 Å². The topological polar surface area (TPSA) is 63.6 Å². The highest BCUT2D eigenvalue weighted by Gasteiger charge is 2.33. The van der Waals surface area contributed by atoms with Crippen molar-refractivity contribution in [2.75, 3.05) is 12.9 Å². The summed E-state index contributed by atoms with van der Waals surface area (Å²) in [5.41, 5.74) is 0.806. The van der Waals surface area contributed by atoms with Crippen LogP contribution in [0.2, 0.25) is 0 Å². The van der Waals surface area contributed by atoms with E-state index in [2.05, 4.69) is 0 Å². The van der Waals surface area contributed by atoms with Crippen molar-refractivity contribution in [3.05, 3.63) is 29.8 Å². The van der Waals surface area contributed by atoms with Crippen molar-refractivity contribution in [1.29, 1.82) is 0 Å². The van der Waals surface area contributed by atoms with Gasteiger partial charge in [-0.3, -0.25) is 0 Å². The van der Waals surface area contributed by atoms with E-state index in [0.717, 1.165) is 24.2 Å². The standard InChI is InChI=1S/C16H24O4S/c1-3-20-14-8-4-6-12(10-14)16(17)13-7-5-9-15(11-13)21(2,18)19/h4,6,8,10,13,15-17H,3,5,7,9,11H2,1-2H3. The first-order chi connectivity index (χ1) is 9.91. The van der Waals surface area contributed by atoms with E-state index in [-0.39, 0.29) is 11.2 Å². The van der Waals surface area contributed by atoms with Gasteiger partial charge in [-0.1, -0.05) is 18.6 Å². The minimum Gasteiger partial charge on any atom is -0.494 e. The molecule has 1 aliphatic rings. The Bertz CT molecular complexity index is 567. The van der Waals surface area contributed by atoms with E-state index in [1.54, 1.807) is 0 Å².